The van der Waals surface area contributed by atoms with Gasteiger partial charge in [0, 0.05) is 12.1 Å². The molecule has 3 N–H and O–H groups in total. The van der Waals surface area contributed by atoms with Crippen molar-refractivity contribution >= 4 is 23.2 Å². The minimum Gasteiger partial charge on any atom is -0.383 e. The number of nitrogens with two attached hydrogens (primary N) is 1. The highest BCUT2D eigenvalue weighted by Gasteiger charge is 2.34. The summed E-state index contributed by atoms with van der Waals surface area (Å²) < 4.78 is 0. The molecule has 5 heteroatoms. The van der Waals surface area contributed by atoms with Crippen molar-refractivity contribution in [3.8, 4) is 0 Å². The number of fused-ring (bicyclic) bond motifs is 1. The van der Waals surface area contributed by atoms with Gasteiger partial charge in [-0.05, 0) is 30.9 Å². The van der Waals surface area contributed by atoms with Crippen LogP contribution >= 0.6 is 0 Å². The van der Waals surface area contributed by atoms with Gasteiger partial charge in [0.15, 0.2) is 5.78 Å². The summed E-state index contributed by atoms with van der Waals surface area (Å²) in [6.07, 6.45) is 1.21. The van der Waals surface area contributed by atoms with Gasteiger partial charge in [0.1, 0.15) is 5.82 Å². The Morgan fingerprint density at radius 3 is 2.50 bits per heavy atom. The minimum atomic E-state index is -0.0913. The molecule has 1 heterocycles. The van der Waals surface area contributed by atoms with Gasteiger partial charge in [0.2, 0.25) is 5.95 Å². The second kappa shape index (κ2) is 5.09. The maximum absolute atomic E-state index is 12.2. The molecule has 0 saturated heterocycles. The number of Topliss-reactive ketones (excluding diaryl/α,β-unsaturated/α-hetero) is 1. The van der Waals surface area contributed by atoms with Gasteiger partial charge in [0.05, 0.1) is 11.3 Å². The summed E-state index contributed by atoms with van der Waals surface area (Å²) in [5.74, 6) is 0.733. The van der Waals surface area contributed by atoms with Crippen molar-refractivity contribution in [1.82, 2.24) is 9.97 Å². The number of nitrogens with zero attached hydrogens (tertiary/aromatic N) is 2. The number of hydrogen-bond donors (Lipinski definition) is 2. The van der Waals surface area contributed by atoms with Gasteiger partial charge in [-0.15, -0.1) is 0 Å². The SMILES string of the molecule is Cc1ccc(Nc2nc(N)c3c(n2)CC(C)(C)CC3=O)cc1. The summed E-state index contributed by atoms with van der Waals surface area (Å²) in [7, 11) is 0. The maximum atomic E-state index is 12.2. The van der Waals surface area contributed by atoms with E-state index < -0.39 is 0 Å². The molecule has 3 rings (SSSR count). The topological polar surface area (TPSA) is 80.9 Å². The maximum Gasteiger partial charge on any atom is 0.229 e. The molecule has 22 heavy (non-hydrogen) atoms. The van der Waals surface area contributed by atoms with Crippen LogP contribution in [-0.2, 0) is 6.42 Å². The molecule has 0 spiro atoms. The van der Waals surface area contributed by atoms with Gasteiger partial charge in [-0.2, -0.15) is 4.98 Å². The van der Waals surface area contributed by atoms with Gasteiger partial charge in [0.25, 0.3) is 0 Å². The van der Waals surface area contributed by atoms with E-state index in [9.17, 15) is 4.79 Å². The van der Waals surface area contributed by atoms with Crippen LogP contribution in [0.3, 0.4) is 0 Å². The van der Waals surface area contributed by atoms with Crippen molar-refractivity contribution in [2.75, 3.05) is 11.1 Å². The Bertz CT molecular complexity index is 735. The summed E-state index contributed by atoms with van der Waals surface area (Å²) in [4.78, 5) is 21.0. The van der Waals surface area contributed by atoms with Gasteiger partial charge < -0.3 is 11.1 Å². The number of benzene rings is 1. The zero-order valence-electron chi connectivity index (χ0n) is 13.1. The minimum absolute atomic E-state index is 0.0330. The van der Waals surface area contributed by atoms with E-state index in [4.69, 9.17) is 5.73 Å². The van der Waals surface area contributed by atoms with Crippen LogP contribution in [0.2, 0.25) is 0 Å². The molecule has 1 aliphatic rings. The number of aromatic nitrogens is 2. The molecule has 0 saturated carbocycles. The molecule has 1 aliphatic carbocycles. The van der Waals surface area contributed by atoms with Crippen LogP contribution in [0.15, 0.2) is 24.3 Å². The monoisotopic (exact) mass is 296 g/mol. The third kappa shape index (κ3) is 2.79. The smallest absolute Gasteiger partial charge is 0.229 e. The lowest BCUT2D eigenvalue weighted by atomic mass is 9.76. The van der Waals surface area contributed by atoms with Crippen molar-refractivity contribution in [3.63, 3.8) is 0 Å². The first kappa shape index (κ1) is 14.5. The Kier molecular flexibility index (Phi) is 3.35. The molecule has 0 aliphatic heterocycles. The van der Waals surface area contributed by atoms with Crippen LogP contribution in [0.25, 0.3) is 0 Å². The highest BCUT2D eigenvalue weighted by molar-refractivity contribution is 6.02. The molecule has 114 valence electrons. The molecule has 0 fully saturated rings. The third-order valence-electron chi connectivity index (χ3n) is 3.88. The summed E-state index contributed by atoms with van der Waals surface area (Å²) in [5, 5.41) is 3.15. The predicted molar refractivity (Wildman–Crippen MR) is 87.3 cm³/mol. The van der Waals surface area contributed by atoms with E-state index in [0.29, 0.717) is 17.9 Å². The highest BCUT2D eigenvalue weighted by atomic mass is 16.1. The van der Waals surface area contributed by atoms with Crippen molar-refractivity contribution < 1.29 is 4.79 Å². The molecule has 1 aromatic carbocycles. The largest absolute Gasteiger partial charge is 0.383 e. The second-order valence-corrected chi connectivity index (χ2v) is 6.69. The number of aryl methyl sites for hydroxylation is 1. The van der Waals surface area contributed by atoms with E-state index in [1.807, 2.05) is 31.2 Å². The van der Waals surface area contributed by atoms with E-state index in [1.165, 1.54) is 5.56 Å². The van der Waals surface area contributed by atoms with Gasteiger partial charge >= 0.3 is 0 Å². The summed E-state index contributed by atoms with van der Waals surface area (Å²) in [5.41, 5.74) is 9.21. The number of nitrogens with one attached hydrogen (secondary N) is 1. The Labute approximate surface area is 130 Å². The predicted octanol–water partition coefficient (Wildman–Crippen LogP) is 3.27. The van der Waals surface area contributed by atoms with E-state index >= 15 is 0 Å². The Hall–Kier alpha value is -2.43. The van der Waals surface area contributed by atoms with Crippen LogP contribution < -0.4 is 11.1 Å². The number of carbonyl (C=O) groups excluding carboxylic acids is 1. The fourth-order valence-electron chi connectivity index (χ4n) is 2.82. The Morgan fingerprint density at radius 2 is 1.82 bits per heavy atom. The molecule has 5 nitrogen and oxygen atoms in total. The average Bonchev–Trinajstić information content (AvgIpc) is 2.38. The molecule has 0 amide bonds. The van der Waals surface area contributed by atoms with Crippen LogP contribution in [0, 0.1) is 12.3 Å². The van der Waals surface area contributed by atoms with Crippen LogP contribution in [0.1, 0.15) is 41.9 Å². The molecule has 0 radical (unpaired) electrons. The lowest BCUT2D eigenvalue weighted by Gasteiger charge is -2.29. The molecular formula is C17H20N4O. The molecule has 0 unspecified atom stereocenters. The number of ketones is 1. The van der Waals surface area contributed by atoms with E-state index in [0.717, 1.165) is 17.8 Å². The van der Waals surface area contributed by atoms with Gasteiger partial charge in [-0.1, -0.05) is 31.5 Å². The Morgan fingerprint density at radius 1 is 1.14 bits per heavy atom. The Balaban J connectivity index is 1.96. The number of carbonyl (C=O) groups is 1. The fourth-order valence-corrected chi connectivity index (χ4v) is 2.82. The quantitative estimate of drug-likeness (QED) is 0.889. The molecule has 0 atom stereocenters. The van der Waals surface area contributed by atoms with E-state index in [1.54, 1.807) is 0 Å². The number of nitrogen functional groups attached to an aromatic ring is 1. The first-order chi connectivity index (χ1) is 10.3. The van der Waals surface area contributed by atoms with Crippen LogP contribution in [0.4, 0.5) is 17.5 Å². The molecular weight excluding hydrogens is 276 g/mol. The van der Waals surface area contributed by atoms with E-state index in [2.05, 4.69) is 29.1 Å². The number of anilines is 3. The molecule has 1 aromatic heterocycles. The van der Waals surface area contributed by atoms with Crippen LogP contribution in [-0.4, -0.2) is 15.8 Å². The average molecular weight is 296 g/mol. The summed E-state index contributed by atoms with van der Waals surface area (Å²) in [6.45, 7) is 6.17. The standard InChI is InChI=1S/C17H20N4O/c1-10-4-6-11(7-5-10)19-16-20-12-8-17(2,3)9-13(22)14(12)15(18)21-16/h4-7H,8-9H2,1-3H3,(H3,18,19,20,21). The highest BCUT2D eigenvalue weighted by Crippen LogP contribution is 2.36. The fraction of sp³-hybridized carbons (Fsp3) is 0.353. The number of rotatable bonds is 2. The van der Waals surface area contributed by atoms with Gasteiger partial charge in [-0.25, -0.2) is 4.98 Å². The summed E-state index contributed by atoms with van der Waals surface area (Å²) in [6, 6.07) is 7.94. The normalized spacial score (nSPS) is 16.2. The zero-order chi connectivity index (χ0) is 15.9. The molecule has 0 bridgehead atoms. The van der Waals surface area contributed by atoms with Crippen molar-refractivity contribution in [2.24, 2.45) is 5.41 Å². The third-order valence-corrected chi connectivity index (χ3v) is 3.88. The van der Waals surface area contributed by atoms with Gasteiger partial charge in [-0.3, -0.25) is 4.79 Å². The zero-order valence-corrected chi connectivity index (χ0v) is 13.1. The lowest BCUT2D eigenvalue weighted by Crippen LogP contribution is -2.29. The summed E-state index contributed by atoms with van der Waals surface area (Å²) >= 11 is 0. The first-order valence-corrected chi connectivity index (χ1v) is 7.37. The van der Waals surface area contributed by atoms with E-state index in [-0.39, 0.29) is 17.0 Å². The van der Waals surface area contributed by atoms with Crippen LogP contribution in [0.5, 0.6) is 0 Å². The first-order valence-electron chi connectivity index (χ1n) is 7.37. The lowest BCUT2D eigenvalue weighted by molar-refractivity contribution is 0.0911. The van der Waals surface area contributed by atoms with Crippen molar-refractivity contribution in [2.45, 2.75) is 33.6 Å². The van der Waals surface area contributed by atoms with Crippen molar-refractivity contribution in [1.29, 1.82) is 0 Å². The molecule has 2 aromatic rings. The second-order valence-electron chi connectivity index (χ2n) is 6.69. The number of hydrogen-bond acceptors (Lipinski definition) is 5. The van der Waals surface area contributed by atoms with Crippen molar-refractivity contribution in [3.05, 3.63) is 41.1 Å².